The van der Waals surface area contributed by atoms with E-state index in [9.17, 15) is 9.18 Å². The largest absolute Gasteiger partial charge is 0.459 e. The average Bonchev–Trinajstić information content (AvgIpc) is 2.61. The summed E-state index contributed by atoms with van der Waals surface area (Å²) in [5, 5.41) is 5.06. The molecule has 0 aliphatic carbocycles. The van der Waals surface area contributed by atoms with Crippen LogP contribution in [0, 0.1) is 12.7 Å². The van der Waals surface area contributed by atoms with Crippen LogP contribution in [0.15, 0.2) is 12.1 Å². The topological polar surface area (TPSA) is 44.1 Å². The first-order chi connectivity index (χ1) is 9.60. The van der Waals surface area contributed by atoms with Gasteiger partial charge in [-0.25, -0.2) is 4.39 Å². The zero-order valence-corrected chi connectivity index (χ0v) is 14.3. The lowest BCUT2D eigenvalue weighted by Gasteiger charge is -2.22. The number of esters is 1. The lowest BCUT2D eigenvalue weighted by atomic mass is 10.0. The van der Waals surface area contributed by atoms with Gasteiger partial charge in [-0.15, -0.1) is 0 Å². The lowest BCUT2D eigenvalue weighted by Crippen LogP contribution is -2.26. The van der Waals surface area contributed by atoms with Crippen LogP contribution >= 0.6 is 15.9 Å². The molecule has 1 heterocycles. The molecule has 1 unspecified atom stereocenters. The van der Waals surface area contributed by atoms with E-state index in [1.807, 2.05) is 6.92 Å². The van der Waals surface area contributed by atoms with Gasteiger partial charge in [0.05, 0.1) is 11.2 Å². The van der Waals surface area contributed by atoms with E-state index in [0.29, 0.717) is 11.1 Å². The maximum absolute atomic E-state index is 13.8. The number of benzene rings is 1. The van der Waals surface area contributed by atoms with Gasteiger partial charge >= 0.3 is 5.97 Å². The van der Waals surface area contributed by atoms with Gasteiger partial charge in [0.2, 0.25) is 0 Å². The highest BCUT2D eigenvalue weighted by Gasteiger charge is 2.27. The van der Waals surface area contributed by atoms with E-state index in [4.69, 9.17) is 4.74 Å². The maximum atomic E-state index is 13.8. The van der Waals surface area contributed by atoms with Crippen molar-refractivity contribution in [3.8, 4) is 0 Å². The van der Waals surface area contributed by atoms with Gasteiger partial charge < -0.3 is 4.74 Å². The van der Waals surface area contributed by atoms with E-state index in [1.165, 1.54) is 12.1 Å². The number of carbonyl (C=O) groups excluding carboxylic acids is 1. The lowest BCUT2D eigenvalue weighted by molar-refractivity contribution is -0.154. The molecular formula is C15H18BrFN2O2. The number of fused-ring (bicyclic) bond motifs is 1. The Kier molecular flexibility index (Phi) is 4.10. The van der Waals surface area contributed by atoms with Gasteiger partial charge in [-0.1, -0.05) is 15.9 Å². The van der Waals surface area contributed by atoms with E-state index in [1.54, 1.807) is 32.5 Å². The number of aromatic nitrogens is 2. The van der Waals surface area contributed by atoms with Gasteiger partial charge in [-0.3, -0.25) is 9.48 Å². The minimum Gasteiger partial charge on any atom is -0.459 e. The Labute approximate surface area is 131 Å². The van der Waals surface area contributed by atoms with Crippen LogP contribution in [0.25, 0.3) is 10.9 Å². The van der Waals surface area contributed by atoms with Gasteiger partial charge in [0, 0.05) is 12.4 Å². The number of ether oxygens (including phenoxy) is 1. The summed E-state index contributed by atoms with van der Waals surface area (Å²) in [4.78, 5) is 11.5. The smallest absolute Gasteiger partial charge is 0.324 e. The Bertz CT molecular complexity index is 704. The molecule has 2 aromatic rings. The molecule has 0 aliphatic rings. The summed E-state index contributed by atoms with van der Waals surface area (Å²) in [6.45, 7) is 7.21. The highest BCUT2D eigenvalue weighted by molar-refractivity contribution is 9.09. The zero-order chi connectivity index (χ0) is 15.9. The average molecular weight is 357 g/mol. The number of nitrogens with zero attached hydrogens (tertiary/aromatic N) is 2. The molecule has 0 aliphatic heterocycles. The van der Waals surface area contributed by atoms with Crippen LogP contribution in [0.5, 0.6) is 0 Å². The normalized spacial score (nSPS) is 13.5. The van der Waals surface area contributed by atoms with E-state index in [-0.39, 0.29) is 0 Å². The van der Waals surface area contributed by atoms with Crippen molar-refractivity contribution in [2.45, 2.75) is 38.1 Å². The van der Waals surface area contributed by atoms with E-state index >= 15 is 0 Å². The summed E-state index contributed by atoms with van der Waals surface area (Å²) in [6, 6.07) is 2.76. The second-order valence-electron chi connectivity index (χ2n) is 5.99. The maximum Gasteiger partial charge on any atom is 0.324 e. The van der Waals surface area contributed by atoms with Gasteiger partial charge in [0.15, 0.2) is 0 Å². The van der Waals surface area contributed by atoms with Crippen LogP contribution in [0.4, 0.5) is 4.39 Å². The molecule has 0 spiro atoms. The number of hydrogen-bond acceptors (Lipinski definition) is 3. The van der Waals surface area contributed by atoms with E-state index < -0.39 is 22.2 Å². The Hall–Kier alpha value is -1.43. The van der Waals surface area contributed by atoms with Crippen LogP contribution < -0.4 is 0 Å². The molecule has 0 N–H and O–H groups in total. The molecule has 4 nitrogen and oxygen atoms in total. The Morgan fingerprint density at radius 3 is 2.62 bits per heavy atom. The molecular weight excluding hydrogens is 339 g/mol. The molecule has 1 aromatic carbocycles. The van der Waals surface area contributed by atoms with Crippen LogP contribution in [-0.2, 0) is 16.6 Å². The van der Waals surface area contributed by atoms with Crippen LogP contribution in [0.3, 0.4) is 0 Å². The fourth-order valence-corrected chi connectivity index (χ4v) is 2.73. The van der Waals surface area contributed by atoms with E-state index in [0.717, 1.165) is 11.1 Å². The summed E-state index contributed by atoms with van der Waals surface area (Å²) in [7, 11) is 1.75. The van der Waals surface area contributed by atoms with Gasteiger partial charge in [0.1, 0.15) is 16.2 Å². The number of aryl methyl sites for hydroxylation is 2. The van der Waals surface area contributed by atoms with Crippen molar-refractivity contribution in [1.29, 1.82) is 0 Å². The molecule has 0 bridgehead atoms. The molecule has 0 saturated heterocycles. The van der Waals surface area contributed by atoms with Crippen molar-refractivity contribution in [2.24, 2.45) is 7.05 Å². The predicted octanol–water partition coefficient (Wildman–Crippen LogP) is 3.80. The first-order valence-corrected chi connectivity index (χ1v) is 7.51. The minimum atomic E-state index is -0.738. The highest BCUT2D eigenvalue weighted by Crippen LogP contribution is 2.34. The third kappa shape index (κ3) is 3.26. The molecule has 2 rings (SSSR count). The fraction of sp³-hybridized carbons (Fsp3) is 0.467. The van der Waals surface area contributed by atoms with Gasteiger partial charge in [-0.2, -0.15) is 5.10 Å². The summed E-state index contributed by atoms with van der Waals surface area (Å²) < 4.78 is 20.8. The second-order valence-corrected chi connectivity index (χ2v) is 6.91. The van der Waals surface area contributed by atoms with Crippen molar-refractivity contribution in [3.63, 3.8) is 0 Å². The molecule has 21 heavy (non-hydrogen) atoms. The fourth-order valence-electron chi connectivity index (χ4n) is 2.27. The molecule has 6 heteroatoms. The molecule has 0 fully saturated rings. The minimum absolute atomic E-state index is 0.409. The number of rotatable bonds is 2. The third-order valence-electron chi connectivity index (χ3n) is 3.01. The number of halogens is 2. The van der Waals surface area contributed by atoms with Crippen LogP contribution in [0.2, 0.25) is 0 Å². The first-order valence-electron chi connectivity index (χ1n) is 6.60. The molecule has 1 atom stereocenters. The van der Waals surface area contributed by atoms with Crippen LogP contribution in [-0.4, -0.2) is 21.4 Å². The van der Waals surface area contributed by atoms with Crippen molar-refractivity contribution < 1.29 is 13.9 Å². The number of alkyl halides is 1. The van der Waals surface area contributed by atoms with Crippen molar-refractivity contribution >= 4 is 32.8 Å². The summed E-state index contributed by atoms with van der Waals surface area (Å²) in [5.74, 6) is -0.855. The number of carbonyl (C=O) groups is 1. The Morgan fingerprint density at radius 2 is 2.05 bits per heavy atom. The van der Waals surface area contributed by atoms with Crippen molar-refractivity contribution in [2.75, 3.05) is 0 Å². The quantitative estimate of drug-likeness (QED) is 0.607. The van der Waals surface area contributed by atoms with Crippen LogP contribution in [0.1, 0.15) is 36.9 Å². The summed E-state index contributed by atoms with van der Waals surface area (Å²) in [6.07, 6.45) is 0. The SMILES string of the molecule is Cc1nn(C)c2cc(F)cc(C(Br)C(=O)OC(C)(C)C)c12. The summed E-state index contributed by atoms with van der Waals surface area (Å²) in [5.41, 5.74) is 1.33. The molecule has 0 amide bonds. The molecule has 114 valence electrons. The van der Waals surface area contributed by atoms with Crippen molar-refractivity contribution in [1.82, 2.24) is 9.78 Å². The monoisotopic (exact) mass is 356 g/mol. The Balaban J connectivity index is 2.53. The third-order valence-corrected chi connectivity index (χ3v) is 3.88. The number of hydrogen-bond donors (Lipinski definition) is 0. The first kappa shape index (κ1) is 15.9. The summed E-state index contributed by atoms with van der Waals surface area (Å²) >= 11 is 3.32. The molecule has 0 radical (unpaired) electrons. The molecule has 1 aromatic heterocycles. The zero-order valence-electron chi connectivity index (χ0n) is 12.7. The highest BCUT2D eigenvalue weighted by atomic mass is 79.9. The predicted molar refractivity (Wildman–Crippen MR) is 82.9 cm³/mol. The standard InChI is InChI=1S/C15H18BrFN2O2/c1-8-12-10(13(16)14(20)21-15(2,3)4)6-9(17)7-11(12)19(5)18-8/h6-7,13H,1-5H3. The van der Waals surface area contributed by atoms with Gasteiger partial charge in [0.25, 0.3) is 0 Å². The molecule has 0 saturated carbocycles. The van der Waals surface area contributed by atoms with Crippen molar-refractivity contribution in [3.05, 3.63) is 29.2 Å². The van der Waals surface area contributed by atoms with E-state index in [2.05, 4.69) is 21.0 Å². The Morgan fingerprint density at radius 1 is 1.43 bits per heavy atom. The van der Waals surface area contributed by atoms with Gasteiger partial charge in [-0.05, 0) is 45.4 Å². The second kappa shape index (κ2) is 5.40.